The van der Waals surface area contributed by atoms with Gasteiger partial charge >= 0.3 is 0 Å². The fourth-order valence-corrected chi connectivity index (χ4v) is 1.75. The van der Waals surface area contributed by atoms with Crippen molar-refractivity contribution in [3.63, 3.8) is 0 Å². The molecule has 0 bridgehead atoms. The zero-order chi connectivity index (χ0) is 11.5. The first-order valence-corrected chi connectivity index (χ1v) is 5.27. The summed E-state index contributed by atoms with van der Waals surface area (Å²) in [5.74, 6) is -0.571. The van der Waals surface area contributed by atoms with Crippen LogP contribution in [0.25, 0.3) is 0 Å². The third-order valence-electron chi connectivity index (χ3n) is 2.74. The number of carbonyl (C=O) groups is 2. The van der Waals surface area contributed by atoms with E-state index in [0.717, 1.165) is 6.42 Å². The molecular weight excluding hydrogens is 194 g/mol. The van der Waals surface area contributed by atoms with Crippen LogP contribution in [0.3, 0.4) is 0 Å². The van der Waals surface area contributed by atoms with Gasteiger partial charge in [-0.2, -0.15) is 0 Å². The number of rotatable bonds is 5. The molecule has 4 nitrogen and oxygen atoms in total. The topological polar surface area (TPSA) is 46.6 Å². The molecule has 1 saturated heterocycles. The van der Waals surface area contributed by atoms with Crippen molar-refractivity contribution in [2.24, 2.45) is 5.41 Å². The predicted molar refractivity (Wildman–Crippen MR) is 56.5 cm³/mol. The molecule has 0 aromatic carbocycles. The number of Topliss-reactive ketones (excluding diaryl/α,β-unsaturated/α-hetero) is 1. The molecule has 1 rings (SSSR count). The molecule has 1 aliphatic heterocycles. The molecule has 0 unspecified atom stereocenters. The van der Waals surface area contributed by atoms with Crippen molar-refractivity contribution in [1.29, 1.82) is 0 Å². The van der Waals surface area contributed by atoms with E-state index in [4.69, 9.17) is 4.74 Å². The van der Waals surface area contributed by atoms with Gasteiger partial charge in [0.2, 0.25) is 5.78 Å². The van der Waals surface area contributed by atoms with E-state index in [0.29, 0.717) is 26.1 Å². The SMILES string of the molecule is COCCC(C)(C)CN1CCC(=O)C1=O. The molecular formula is C11H19NO3. The standard InChI is InChI=1S/C11H19NO3/c1-11(2,5-7-15-3)8-12-6-4-9(13)10(12)14/h4-8H2,1-3H3. The fraction of sp³-hybridized carbons (Fsp3) is 0.818. The van der Waals surface area contributed by atoms with Gasteiger partial charge in [0.15, 0.2) is 0 Å². The van der Waals surface area contributed by atoms with Crippen molar-refractivity contribution in [2.45, 2.75) is 26.7 Å². The zero-order valence-corrected chi connectivity index (χ0v) is 9.71. The average Bonchev–Trinajstić information content (AvgIpc) is 2.46. The number of ether oxygens (including phenoxy) is 1. The lowest BCUT2D eigenvalue weighted by atomic mass is 9.89. The van der Waals surface area contributed by atoms with Crippen LogP contribution < -0.4 is 0 Å². The summed E-state index contributed by atoms with van der Waals surface area (Å²) >= 11 is 0. The third kappa shape index (κ3) is 3.30. The van der Waals surface area contributed by atoms with Crippen LogP contribution in [-0.2, 0) is 14.3 Å². The van der Waals surface area contributed by atoms with E-state index in [1.54, 1.807) is 12.0 Å². The number of methoxy groups -OCH3 is 1. The number of amides is 1. The lowest BCUT2D eigenvalue weighted by Gasteiger charge is -2.29. The van der Waals surface area contributed by atoms with E-state index >= 15 is 0 Å². The van der Waals surface area contributed by atoms with Crippen LogP contribution in [0.2, 0.25) is 0 Å². The van der Waals surface area contributed by atoms with Gasteiger partial charge in [0.1, 0.15) is 0 Å². The maximum absolute atomic E-state index is 11.4. The van der Waals surface area contributed by atoms with Gasteiger partial charge in [0, 0.05) is 33.2 Å². The van der Waals surface area contributed by atoms with Crippen molar-refractivity contribution in [2.75, 3.05) is 26.8 Å². The second-order valence-electron chi connectivity index (χ2n) is 4.81. The predicted octanol–water partition coefficient (Wildman–Crippen LogP) is 0.851. The third-order valence-corrected chi connectivity index (χ3v) is 2.74. The minimum Gasteiger partial charge on any atom is -0.385 e. The molecule has 15 heavy (non-hydrogen) atoms. The smallest absolute Gasteiger partial charge is 0.290 e. The van der Waals surface area contributed by atoms with E-state index in [-0.39, 0.29) is 17.1 Å². The minimum absolute atomic E-state index is 0.0102. The van der Waals surface area contributed by atoms with E-state index < -0.39 is 0 Å². The van der Waals surface area contributed by atoms with Gasteiger partial charge in [-0.05, 0) is 11.8 Å². The van der Waals surface area contributed by atoms with Gasteiger partial charge in [-0.1, -0.05) is 13.8 Å². The largest absolute Gasteiger partial charge is 0.385 e. The second-order valence-corrected chi connectivity index (χ2v) is 4.81. The van der Waals surface area contributed by atoms with Crippen molar-refractivity contribution in [3.05, 3.63) is 0 Å². The van der Waals surface area contributed by atoms with Crippen molar-refractivity contribution in [3.8, 4) is 0 Å². The van der Waals surface area contributed by atoms with Crippen molar-refractivity contribution in [1.82, 2.24) is 4.90 Å². The molecule has 1 heterocycles. The van der Waals surface area contributed by atoms with Crippen LogP contribution >= 0.6 is 0 Å². The van der Waals surface area contributed by atoms with Crippen molar-refractivity contribution < 1.29 is 14.3 Å². The summed E-state index contributed by atoms with van der Waals surface area (Å²) in [6.45, 7) is 6.07. The summed E-state index contributed by atoms with van der Waals surface area (Å²) in [5, 5.41) is 0. The summed E-state index contributed by atoms with van der Waals surface area (Å²) < 4.78 is 5.02. The Morgan fingerprint density at radius 1 is 1.40 bits per heavy atom. The highest BCUT2D eigenvalue weighted by molar-refractivity contribution is 6.37. The molecule has 0 aromatic heterocycles. The van der Waals surface area contributed by atoms with Crippen LogP contribution in [0.5, 0.6) is 0 Å². The molecule has 0 saturated carbocycles. The molecule has 1 aliphatic rings. The molecule has 0 spiro atoms. The number of hydrogen-bond acceptors (Lipinski definition) is 3. The van der Waals surface area contributed by atoms with Crippen LogP contribution in [0.15, 0.2) is 0 Å². The lowest BCUT2D eigenvalue weighted by Crippen LogP contribution is -2.37. The Kier molecular flexibility index (Phi) is 3.85. The molecule has 4 heteroatoms. The lowest BCUT2D eigenvalue weighted by molar-refractivity contribution is -0.140. The highest BCUT2D eigenvalue weighted by Crippen LogP contribution is 2.23. The normalized spacial score (nSPS) is 17.7. The molecule has 0 radical (unpaired) electrons. The first-order valence-electron chi connectivity index (χ1n) is 5.27. The van der Waals surface area contributed by atoms with Gasteiger partial charge in [-0.3, -0.25) is 9.59 Å². The highest BCUT2D eigenvalue weighted by atomic mass is 16.5. The number of hydrogen-bond donors (Lipinski definition) is 0. The quantitative estimate of drug-likeness (QED) is 0.636. The maximum Gasteiger partial charge on any atom is 0.290 e. The molecule has 0 aromatic rings. The number of nitrogens with zero attached hydrogens (tertiary/aromatic N) is 1. The Bertz CT molecular complexity index is 261. The number of carbonyl (C=O) groups excluding carboxylic acids is 2. The number of likely N-dealkylation sites (tertiary alicyclic amines) is 1. The van der Waals surface area contributed by atoms with Gasteiger partial charge in [-0.25, -0.2) is 0 Å². The Morgan fingerprint density at radius 3 is 2.53 bits per heavy atom. The molecule has 0 N–H and O–H groups in total. The molecule has 0 atom stereocenters. The Morgan fingerprint density at radius 2 is 2.07 bits per heavy atom. The maximum atomic E-state index is 11.4. The Balaban J connectivity index is 2.46. The van der Waals surface area contributed by atoms with Crippen LogP contribution in [0, 0.1) is 5.41 Å². The van der Waals surface area contributed by atoms with Gasteiger partial charge in [0.05, 0.1) is 0 Å². The Hall–Kier alpha value is -0.900. The zero-order valence-electron chi connectivity index (χ0n) is 9.71. The highest BCUT2D eigenvalue weighted by Gasteiger charge is 2.33. The monoisotopic (exact) mass is 213 g/mol. The minimum atomic E-state index is -0.319. The Labute approximate surface area is 90.6 Å². The molecule has 86 valence electrons. The molecule has 1 amide bonds. The van der Waals surface area contributed by atoms with E-state index in [1.165, 1.54) is 0 Å². The van der Waals surface area contributed by atoms with E-state index in [9.17, 15) is 9.59 Å². The van der Waals surface area contributed by atoms with Gasteiger partial charge < -0.3 is 9.64 Å². The van der Waals surface area contributed by atoms with Crippen LogP contribution in [-0.4, -0.2) is 43.4 Å². The summed E-state index contributed by atoms with van der Waals surface area (Å²) in [4.78, 5) is 24.1. The molecule has 0 aliphatic carbocycles. The fourth-order valence-electron chi connectivity index (χ4n) is 1.75. The van der Waals surface area contributed by atoms with E-state index in [1.807, 2.05) is 0 Å². The summed E-state index contributed by atoms with van der Waals surface area (Å²) in [7, 11) is 1.67. The van der Waals surface area contributed by atoms with Gasteiger partial charge in [0.25, 0.3) is 5.91 Å². The van der Waals surface area contributed by atoms with Gasteiger partial charge in [-0.15, -0.1) is 0 Å². The summed E-state index contributed by atoms with van der Waals surface area (Å²) in [5.41, 5.74) is 0.0102. The molecule has 1 fully saturated rings. The van der Waals surface area contributed by atoms with E-state index in [2.05, 4.69) is 13.8 Å². The second kappa shape index (κ2) is 4.75. The van der Waals surface area contributed by atoms with Crippen molar-refractivity contribution >= 4 is 11.7 Å². The summed E-state index contributed by atoms with van der Waals surface area (Å²) in [6.07, 6.45) is 1.26. The van der Waals surface area contributed by atoms with Crippen LogP contribution in [0.1, 0.15) is 26.7 Å². The average molecular weight is 213 g/mol. The summed E-state index contributed by atoms with van der Waals surface area (Å²) in [6, 6.07) is 0. The number of ketones is 1. The van der Waals surface area contributed by atoms with Crippen LogP contribution in [0.4, 0.5) is 0 Å². The first-order chi connectivity index (χ1) is 6.96. The first kappa shape index (κ1) is 12.2.